The average Bonchev–Trinajstić information content (AvgIpc) is 2.17. The lowest BCUT2D eigenvalue weighted by Gasteiger charge is -2.11. The Morgan fingerprint density at radius 3 is 2.46 bits per heavy atom. The van der Waals surface area contributed by atoms with Crippen LogP contribution in [-0.2, 0) is 9.53 Å². The molecular formula is C10H25NO2. The summed E-state index contributed by atoms with van der Waals surface area (Å²) in [6.07, 6.45) is 1.43. The smallest absolute Gasteiger partial charge is 0.219 e. The fraction of sp³-hybridized carbons (Fsp3) is 0.900. The van der Waals surface area contributed by atoms with Crippen molar-refractivity contribution in [2.24, 2.45) is 0 Å². The van der Waals surface area contributed by atoms with Crippen LogP contribution in [0.15, 0.2) is 0 Å². The zero-order valence-electron chi connectivity index (χ0n) is 9.52. The molecule has 0 unspecified atom stereocenters. The van der Waals surface area contributed by atoms with Gasteiger partial charge in [-0.25, -0.2) is 0 Å². The van der Waals surface area contributed by atoms with Crippen molar-refractivity contribution in [1.82, 2.24) is 5.32 Å². The van der Waals surface area contributed by atoms with E-state index in [4.69, 9.17) is 4.74 Å². The minimum atomic E-state index is 0. The van der Waals surface area contributed by atoms with Crippen LogP contribution in [0.2, 0.25) is 0 Å². The molecule has 0 radical (unpaired) electrons. The third-order valence-electron chi connectivity index (χ3n) is 1.48. The van der Waals surface area contributed by atoms with Crippen molar-refractivity contribution in [3.8, 4) is 0 Å². The SMILES string of the molecule is CC.CCC(=O)N[C@@H](C)CCOC.[HH]. The van der Waals surface area contributed by atoms with Crippen LogP contribution in [0.3, 0.4) is 0 Å². The molecule has 13 heavy (non-hydrogen) atoms. The van der Waals surface area contributed by atoms with Gasteiger partial charge in [0.05, 0.1) is 0 Å². The molecule has 1 atom stereocenters. The number of ether oxygens (including phenoxy) is 1. The van der Waals surface area contributed by atoms with Crippen molar-refractivity contribution in [3.05, 3.63) is 0 Å². The van der Waals surface area contributed by atoms with Crippen LogP contribution >= 0.6 is 0 Å². The molecule has 0 aromatic carbocycles. The first-order chi connectivity index (χ1) is 6.20. The molecule has 0 aliphatic carbocycles. The van der Waals surface area contributed by atoms with Crippen molar-refractivity contribution in [2.45, 2.75) is 46.6 Å². The summed E-state index contributed by atoms with van der Waals surface area (Å²) in [6, 6.07) is 0.224. The van der Waals surface area contributed by atoms with Gasteiger partial charge in [-0.15, -0.1) is 0 Å². The van der Waals surface area contributed by atoms with Gasteiger partial charge in [0.25, 0.3) is 0 Å². The van der Waals surface area contributed by atoms with E-state index >= 15 is 0 Å². The summed E-state index contributed by atoms with van der Waals surface area (Å²) in [6.45, 7) is 8.52. The van der Waals surface area contributed by atoms with Crippen LogP contribution in [-0.4, -0.2) is 25.7 Å². The Morgan fingerprint density at radius 1 is 1.54 bits per heavy atom. The van der Waals surface area contributed by atoms with Gasteiger partial charge < -0.3 is 10.1 Å². The molecule has 0 heterocycles. The van der Waals surface area contributed by atoms with E-state index in [1.807, 2.05) is 27.7 Å². The minimum Gasteiger partial charge on any atom is -0.385 e. The van der Waals surface area contributed by atoms with Crippen LogP contribution < -0.4 is 5.32 Å². The lowest BCUT2D eigenvalue weighted by Crippen LogP contribution is -2.32. The van der Waals surface area contributed by atoms with Crippen LogP contribution in [0.1, 0.15) is 42.0 Å². The molecule has 0 saturated heterocycles. The molecule has 3 nitrogen and oxygen atoms in total. The van der Waals surface area contributed by atoms with Gasteiger partial charge in [-0.3, -0.25) is 4.79 Å². The van der Waals surface area contributed by atoms with Crippen LogP contribution in [0.4, 0.5) is 0 Å². The monoisotopic (exact) mass is 191 g/mol. The van der Waals surface area contributed by atoms with Gasteiger partial charge in [-0.05, 0) is 13.3 Å². The van der Waals surface area contributed by atoms with Crippen LogP contribution in [0.5, 0.6) is 0 Å². The summed E-state index contributed by atoms with van der Waals surface area (Å²) < 4.78 is 4.88. The summed E-state index contributed by atoms with van der Waals surface area (Å²) in [5, 5.41) is 2.85. The van der Waals surface area contributed by atoms with Crippen molar-refractivity contribution in [3.63, 3.8) is 0 Å². The van der Waals surface area contributed by atoms with Gasteiger partial charge >= 0.3 is 0 Å². The highest BCUT2D eigenvalue weighted by Crippen LogP contribution is 1.91. The standard InChI is InChI=1S/C8H17NO2.C2H6.H2/c1-4-8(10)9-7(2)5-6-11-3;1-2;/h7H,4-6H2,1-3H3,(H,9,10);1-2H3;1H/t7-;;/m0../s1. The first-order valence-corrected chi connectivity index (χ1v) is 4.99. The number of hydrogen-bond acceptors (Lipinski definition) is 2. The number of nitrogens with one attached hydrogen (secondary N) is 1. The van der Waals surface area contributed by atoms with Crippen molar-refractivity contribution >= 4 is 5.91 Å². The number of rotatable bonds is 5. The maximum atomic E-state index is 10.8. The fourth-order valence-electron chi connectivity index (χ4n) is 0.744. The van der Waals surface area contributed by atoms with E-state index in [9.17, 15) is 4.79 Å². The quantitative estimate of drug-likeness (QED) is 0.723. The summed E-state index contributed by atoms with van der Waals surface area (Å²) in [5.74, 6) is 0.105. The average molecular weight is 191 g/mol. The maximum absolute atomic E-state index is 10.8. The molecule has 0 spiro atoms. The molecule has 0 bridgehead atoms. The number of methoxy groups -OCH3 is 1. The summed E-state index contributed by atoms with van der Waals surface area (Å²) in [7, 11) is 1.66. The molecule has 3 heteroatoms. The molecule has 0 fully saturated rings. The molecule has 0 aliphatic rings. The van der Waals surface area contributed by atoms with Gasteiger partial charge in [0.15, 0.2) is 0 Å². The van der Waals surface area contributed by atoms with Gasteiger partial charge in [0, 0.05) is 27.6 Å². The van der Waals surface area contributed by atoms with Gasteiger partial charge in [-0.2, -0.15) is 0 Å². The Morgan fingerprint density at radius 2 is 2.08 bits per heavy atom. The van der Waals surface area contributed by atoms with E-state index in [-0.39, 0.29) is 13.4 Å². The Kier molecular flexibility index (Phi) is 13.1. The normalized spacial score (nSPS) is 11.2. The highest BCUT2D eigenvalue weighted by molar-refractivity contribution is 5.75. The molecule has 0 aromatic rings. The summed E-state index contributed by atoms with van der Waals surface area (Å²) >= 11 is 0. The van der Waals surface area contributed by atoms with E-state index < -0.39 is 0 Å². The Labute approximate surface area is 83.3 Å². The number of carbonyl (C=O) groups excluding carboxylic acids is 1. The first-order valence-electron chi connectivity index (χ1n) is 4.99. The van der Waals surface area contributed by atoms with E-state index in [1.165, 1.54) is 0 Å². The van der Waals surface area contributed by atoms with Gasteiger partial charge in [-0.1, -0.05) is 20.8 Å². The second-order valence-corrected chi connectivity index (χ2v) is 2.60. The lowest BCUT2D eigenvalue weighted by molar-refractivity contribution is -0.121. The van der Waals surface area contributed by atoms with Gasteiger partial charge in [0.1, 0.15) is 0 Å². The molecule has 0 aromatic heterocycles. The second-order valence-electron chi connectivity index (χ2n) is 2.60. The maximum Gasteiger partial charge on any atom is 0.219 e. The summed E-state index contributed by atoms with van der Waals surface area (Å²) in [5.41, 5.74) is 0. The molecule has 1 amide bonds. The second kappa shape index (κ2) is 11.4. The fourth-order valence-corrected chi connectivity index (χ4v) is 0.744. The Hall–Kier alpha value is -0.570. The van der Waals surface area contributed by atoms with Crippen molar-refractivity contribution < 1.29 is 11.0 Å². The topological polar surface area (TPSA) is 38.3 Å². The predicted octanol–water partition coefficient (Wildman–Crippen LogP) is 2.21. The van der Waals surface area contributed by atoms with Crippen molar-refractivity contribution in [1.29, 1.82) is 0 Å². The largest absolute Gasteiger partial charge is 0.385 e. The number of amides is 1. The van der Waals surface area contributed by atoms with Gasteiger partial charge in [0.2, 0.25) is 5.91 Å². The third kappa shape index (κ3) is 11.4. The third-order valence-corrected chi connectivity index (χ3v) is 1.48. The predicted molar refractivity (Wildman–Crippen MR) is 57.9 cm³/mol. The first kappa shape index (κ1) is 14.9. The highest BCUT2D eigenvalue weighted by Gasteiger charge is 2.03. The van der Waals surface area contributed by atoms with Crippen LogP contribution in [0, 0.1) is 0 Å². The van der Waals surface area contributed by atoms with Crippen molar-refractivity contribution in [2.75, 3.05) is 13.7 Å². The van der Waals surface area contributed by atoms with Crippen LogP contribution in [0.25, 0.3) is 0 Å². The molecule has 0 aliphatic heterocycles. The summed E-state index contributed by atoms with van der Waals surface area (Å²) in [4.78, 5) is 10.8. The van der Waals surface area contributed by atoms with E-state index in [2.05, 4.69) is 5.32 Å². The molecule has 82 valence electrons. The van der Waals surface area contributed by atoms with E-state index in [0.717, 1.165) is 6.42 Å². The number of hydrogen-bond donors (Lipinski definition) is 1. The Bertz CT molecular complexity index is 121. The zero-order valence-corrected chi connectivity index (χ0v) is 9.52. The molecule has 0 rings (SSSR count). The highest BCUT2D eigenvalue weighted by atomic mass is 16.5. The molecule has 1 N–H and O–H groups in total. The Balaban J connectivity index is -0.000000376. The lowest BCUT2D eigenvalue weighted by atomic mass is 10.2. The molecular weight excluding hydrogens is 166 g/mol. The molecule has 0 saturated carbocycles. The number of carbonyl (C=O) groups is 1. The minimum absolute atomic E-state index is 0. The van der Waals surface area contributed by atoms with E-state index in [1.54, 1.807) is 7.11 Å². The van der Waals surface area contributed by atoms with E-state index in [0.29, 0.717) is 13.0 Å². The zero-order chi connectivity index (χ0) is 10.7.